The highest BCUT2D eigenvalue weighted by atomic mass is 16.5. The number of hydroxylamine groups is 2. The summed E-state index contributed by atoms with van der Waals surface area (Å²) in [5, 5.41) is 10.7. The third-order valence-corrected chi connectivity index (χ3v) is 2.80. The predicted octanol–water partition coefficient (Wildman–Crippen LogP) is 2.01. The second-order valence-corrected chi connectivity index (χ2v) is 3.87. The summed E-state index contributed by atoms with van der Waals surface area (Å²) >= 11 is 0. The van der Waals surface area contributed by atoms with Crippen molar-refractivity contribution >= 4 is 0 Å². The molecule has 1 atom stereocenters. The summed E-state index contributed by atoms with van der Waals surface area (Å²) in [5.74, 6) is 0. The van der Waals surface area contributed by atoms with E-state index in [0.29, 0.717) is 19.7 Å². The summed E-state index contributed by atoms with van der Waals surface area (Å²) in [7, 11) is 0. The summed E-state index contributed by atoms with van der Waals surface area (Å²) in [6.07, 6.45) is 1.06. The molecule has 0 bridgehead atoms. The Balaban J connectivity index is 2.07. The monoisotopic (exact) mass is 207 g/mol. The Morgan fingerprint density at radius 2 is 2.13 bits per heavy atom. The van der Waals surface area contributed by atoms with Crippen LogP contribution < -0.4 is 0 Å². The molecule has 0 amide bonds. The summed E-state index contributed by atoms with van der Waals surface area (Å²) < 4.78 is 5.61. The van der Waals surface area contributed by atoms with Gasteiger partial charge in [-0.25, -0.2) is 0 Å². The Bertz CT molecular complexity index is 310. The summed E-state index contributed by atoms with van der Waals surface area (Å²) in [6, 6.07) is 8.41. The average molecular weight is 207 g/mol. The summed E-state index contributed by atoms with van der Waals surface area (Å²) in [5.41, 5.74) is 2.47. The van der Waals surface area contributed by atoms with Gasteiger partial charge in [-0.15, -0.1) is 0 Å². The molecule has 2 rings (SSSR count). The van der Waals surface area contributed by atoms with Gasteiger partial charge in [-0.1, -0.05) is 31.2 Å². The minimum atomic E-state index is 0.00894. The molecule has 1 aromatic carbocycles. The molecule has 1 unspecified atom stereocenters. The molecule has 1 aliphatic heterocycles. The molecule has 15 heavy (non-hydrogen) atoms. The molecule has 1 saturated heterocycles. The highest BCUT2D eigenvalue weighted by Crippen LogP contribution is 2.21. The minimum Gasteiger partial charge on any atom is -0.371 e. The number of ether oxygens (including phenoxy) is 1. The Hall–Kier alpha value is -0.900. The molecule has 1 N–H and O–H groups in total. The van der Waals surface area contributed by atoms with E-state index in [1.807, 2.05) is 0 Å². The Kier molecular flexibility index (Phi) is 3.36. The highest BCUT2D eigenvalue weighted by molar-refractivity contribution is 5.24. The Morgan fingerprint density at radius 3 is 2.73 bits per heavy atom. The van der Waals surface area contributed by atoms with Crippen LogP contribution in [0.5, 0.6) is 0 Å². The maximum absolute atomic E-state index is 9.40. The molecule has 0 radical (unpaired) electrons. The molecular formula is C12H17NO2. The second-order valence-electron chi connectivity index (χ2n) is 3.87. The quantitative estimate of drug-likeness (QED) is 0.805. The summed E-state index contributed by atoms with van der Waals surface area (Å²) in [6.45, 7) is 3.90. The van der Waals surface area contributed by atoms with Crippen molar-refractivity contribution in [1.82, 2.24) is 5.06 Å². The molecule has 1 heterocycles. The minimum absolute atomic E-state index is 0.00894. The van der Waals surface area contributed by atoms with E-state index in [-0.39, 0.29) is 6.10 Å². The number of benzene rings is 1. The maximum atomic E-state index is 9.40. The predicted molar refractivity (Wildman–Crippen MR) is 57.9 cm³/mol. The van der Waals surface area contributed by atoms with Crippen LogP contribution in [0.15, 0.2) is 24.3 Å². The Morgan fingerprint density at radius 1 is 1.40 bits per heavy atom. The lowest BCUT2D eigenvalue weighted by Crippen LogP contribution is -2.35. The van der Waals surface area contributed by atoms with Gasteiger partial charge in [-0.05, 0) is 17.5 Å². The van der Waals surface area contributed by atoms with Crippen molar-refractivity contribution in [2.24, 2.45) is 0 Å². The van der Waals surface area contributed by atoms with E-state index in [1.165, 1.54) is 10.6 Å². The first-order valence-electron chi connectivity index (χ1n) is 5.44. The van der Waals surface area contributed by atoms with Gasteiger partial charge in [0.15, 0.2) is 0 Å². The molecule has 82 valence electrons. The van der Waals surface area contributed by atoms with Crippen LogP contribution in [0, 0.1) is 0 Å². The van der Waals surface area contributed by atoms with Crippen LogP contribution in [0.4, 0.5) is 0 Å². The van der Waals surface area contributed by atoms with E-state index in [1.54, 1.807) is 0 Å². The lowest BCUT2D eigenvalue weighted by molar-refractivity contribution is -0.170. The number of hydrogen-bond donors (Lipinski definition) is 1. The molecule has 0 saturated carbocycles. The van der Waals surface area contributed by atoms with Crippen LogP contribution in [0.1, 0.15) is 24.2 Å². The van der Waals surface area contributed by atoms with Crippen molar-refractivity contribution < 1.29 is 9.94 Å². The van der Waals surface area contributed by atoms with E-state index in [2.05, 4.69) is 31.2 Å². The normalized spacial score (nSPS) is 22.9. The SMILES string of the molecule is CCc1ccc(C2CN(O)CCO2)cc1. The van der Waals surface area contributed by atoms with Crippen LogP contribution in [0.2, 0.25) is 0 Å². The van der Waals surface area contributed by atoms with Crippen LogP contribution in [-0.2, 0) is 11.2 Å². The maximum Gasteiger partial charge on any atom is 0.0975 e. The van der Waals surface area contributed by atoms with Gasteiger partial charge in [0, 0.05) is 6.54 Å². The van der Waals surface area contributed by atoms with Crippen molar-refractivity contribution in [3.8, 4) is 0 Å². The molecule has 0 spiro atoms. The van der Waals surface area contributed by atoms with E-state index in [0.717, 1.165) is 12.0 Å². The zero-order valence-electron chi connectivity index (χ0n) is 9.02. The fourth-order valence-corrected chi connectivity index (χ4v) is 1.81. The number of aryl methyl sites for hydroxylation is 1. The largest absolute Gasteiger partial charge is 0.371 e. The topological polar surface area (TPSA) is 32.7 Å². The van der Waals surface area contributed by atoms with Crippen molar-refractivity contribution in [1.29, 1.82) is 0 Å². The summed E-state index contributed by atoms with van der Waals surface area (Å²) in [4.78, 5) is 0. The zero-order chi connectivity index (χ0) is 10.7. The second kappa shape index (κ2) is 4.75. The van der Waals surface area contributed by atoms with Crippen molar-refractivity contribution in [3.05, 3.63) is 35.4 Å². The fourth-order valence-electron chi connectivity index (χ4n) is 1.81. The van der Waals surface area contributed by atoms with E-state index in [4.69, 9.17) is 4.74 Å². The highest BCUT2D eigenvalue weighted by Gasteiger charge is 2.20. The van der Waals surface area contributed by atoms with Crippen molar-refractivity contribution in [2.45, 2.75) is 19.4 Å². The molecule has 1 aromatic rings. The first kappa shape index (κ1) is 10.6. The molecule has 3 heteroatoms. The first-order chi connectivity index (χ1) is 7.29. The first-order valence-corrected chi connectivity index (χ1v) is 5.44. The molecule has 0 aliphatic carbocycles. The van der Waals surface area contributed by atoms with Crippen LogP contribution in [-0.4, -0.2) is 30.0 Å². The average Bonchev–Trinajstić information content (AvgIpc) is 2.29. The Labute approximate surface area is 90.2 Å². The van der Waals surface area contributed by atoms with Crippen molar-refractivity contribution in [3.63, 3.8) is 0 Å². The zero-order valence-corrected chi connectivity index (χ0v) is 9.02. The van der Waals surface area contributed by atoms with Gasteiger partial charge in [-0.3, -0.25) is 0 Å². The number of nitrogens with zero attached hydrogens (tertiary/aromatic N) is 1. The lowest BCUT2D eigenvalue weighted by atomic mass is 10.0. The van der Waals surface area contributed by atoms with Crippen LogP contribution >= 0.6 is 0 Å². The van der Waals surface area contributed by atoms with Crippen LogP contribution in [0.25, 0.3) is 0 Å². The number of rotatable bonds is 2. The van der Waals surface area contributed by atoms with E-state index in [9.17, 15) is 5.21 Å². The molecule has 3 nitrogen and oxygen atoms in total. The third-order valence-electron chi connectivity index (χ3n) is 2.80. The molecule has 1 aliphatic rings. The van der Waals surface area contributed by atoms with Gasteiger partial charge in [0.25, 0.3) is 0 Å². The van der Waals surface area contributed by atoms with Gasteiger partial charge in [0.1, 0.15) is 0 Å². The van der Waals surface area contributed by atoms with Gasteiger partial charge in [-0.2, -0.15) is 5.06 Å². The molecule has 1 fully saturated rings. The van der Waals surface area contributed by atoms with Gasteiger partial charge in [0.2, 0.25) is 0 Å². The lowest BCUT2D eigenvalue weighted by Gasteiger charge is -2.28. The van der Waals surface area contributed by atoms with Crippen LogP contribution in [0.3, 0.4) is 0 Å². The van der Waals surface area contributed by atoms with Gasteiger partial charge >= 0.3 is 0 Å². The third kappa shape index (κ3) is 2.56. The van der Waals surface area contributed by atoms with E-state index < -0.39 is 0 Å². The van der Waals surface area contributed by atoms with Gasteiger partial charge < -0.3 is 9.94 Å². The van der Waals surface area contributed by atoms with Gasteiger partial charge in [0.05, 0.1) is 19.3 Å². The number of hydrogen-bond acceptors (Lipinski definition) is 3. The van der Waals surface area contributed by atoms with Crippen molar-refractivity contribution in [2.75, 3.05) is 19.7 Å². The fraction of sp³-hybridized carbons (Fsp3) is 0.500. The molecule has 0 aromatic heterocycles. The number of morpholine rings is 1. The molecular weight excluding hydrogens is 190 g/mol. The smallest absolute Gasteiger partial charge is 0.0975 e. The standard InChI is InChI=1S/C12H17NO2/c1-2-10-3-5-11(6-4-10)12-9-13(14)7-8-15-12/h3-6,12,14H,2,7-9H2,1H3. The van der Waals surface area contributed by atoms with E-state index >= 15 is 0 Å².